The zero-order chi connectivity index (χ0) is 11.5. The predicted octanol–water partition coefficient (Wildman–Crippen LogP) is 2.98. The Bertz CT molecular complexity index is 501. The first-order valence-electron chi connectivity index (χ1n) is 4.46. The van der Waals surface area contributed by atoms with E-state index < -0.39 is 0 Å². The van der Waals surface area contributed by atoms with Crippen molar-refractivity contribution < 1.29 is 9.47 Å². The van der Waals surface area contributed by atoms with Gasteiger partial charge >= 0.3 is 0 Å². The predicted molar refractivity (Wildman–Crippen MR) is 66.1 cm³/mol. The summed E-state index contributed by atoms with van der Waals surface area (Å²) in [4.78, 5) is 4.25. The molecule has 84 valence electrons. The molecule has 0 amide bonds. The van der Waals surface area contributed by atoms with Gasteiger partial charge in [-0.05, 0) is 45.7 Å². The molecule has 0 aliphatic carbocycles. The average molecular weight is 301 g/mol. The summed E-state index contributed by atoms with van der Waals surface area (Å²) in [6, 6.07) is 5.58. The van der Waals surface area contributed by atoms with Gasteiger partial charge in [0.1, 0.15) is 16.5 Å². The van der Waals surface area contributed by atoms with E-state index in [0.717, 1.165) is 22.1 Å². The summed E-state index contributed by atoms with van der Waals surface area (Å²) in [6.07, 6.45) is 0. The monoisotopic (exact) mass is 300 g/mol. The maximum absolute atomic E-state index is 5.28. The molecule has 0 aliphatic heterocycles. The van der Waals surface area contributed by atoms with Gasteiger partial charge in [0, 0.05) is 0 Å². The van der Waals surface area contributed by atoms with Crippen molar-refractivity contribution in [1.29, 1.82) is 0 Å². The van der Waals surface area contributed by atoms with Gasteiger partial charge in [0.15, 0.2) is 0 Å². The van der Waals surface area contributed by atoms with Crippen LogP contribution in [0.3, 0.4) is 0 Å². The first-order valence-corrected chi connectivity index (χ1v) is 6.03. The van der Waals surface area contributed by atoms with Crippen molar-refractivity contribution in [3.63, 3.8) is 0 Å². The van der Waals surface area contributed by atoms with Crippen LogP contribution < -0.4 is 9.47 Å². The van der Waals surface area contributed by atoms with Crippen LogP contribution in [-0.2, 0) is 0 Å². The minimum absolute atomic E-state index is 0.581. The lowest BCUT2D eigenvalue weighted by Gasteiger charge is -2.07. The van der Waals surface area contributed by atoms with Crippen LogP contribution in [0.5, 0.6) is 11.5 Å². The van der Waals surface area contributed by atoms with Gasteiger partial charge in [0.2, 0.25) is 4.73 Å². The number of rotatable bonds is 3. The van der Waals surface area contributed by atoms with Gasteiger partial charge < -0.3 is 9.47 Å². The summed E-state index contributed by atoms with van der Waals surface area (Å²) in [5, 5.41) is 0.794. The third-order valence-corrected chi connectivity index (χ3v) is 3.38. The second-order valence-corrected chi connectivity index (χ2v) is 4.40. The maximum Gasteiger partial charge on any atom is 0.209 e. The van der Waals surface area contributed by atoms with E-state index in [1.807, 2.05) is 18.2 Å². The topological polar surface area (TPSA) is 44.2 Å². The van der Waals surface area contributed by atoms with Crippen molar-refractivity contribution in [1.82, 2.24) is 9.36 Å². The van der Waals surface area contributed by atoms with Crippen LogP contribution in [0.2, 0.25) is 0 Å². The van der Waals surface area contributed by atoms with Crippen LogP contribution in [0.4, 0.5) is 0 Å². The lowest BCUT2D eigenvalue weighted by atomic mass is 10.2. The highest BCUT2D eigenvalue weighted by atomic mass is 79.9. The number of methoxy groups -OCH3 is 2. The highest BCUT2D eigenvalue weighted by Gasteiger charge is 2.11. The molecule has 0 bridgehead atoms. The zero-order valence-corrected chi connectivity index (χ0v) is 11.1. The number of hydrogen-bond acceptors (Lipinski definition) is 5. The van der Waals surface area contributed by atoms with Crippen LogP contribution in [0.1, 0.15) is 0 Å². The molecular formula is C10H9BrN2O2S. The fraction of sp³-hybridized carbons (Fsp3) is 0.200. The third kappa shape index (κ3) is 2.17. The lowest BCUT2D eigenvalue weighted by molar-refractivity contribution is 0.404. The normalized spacial score (nSPS) is 10.2. The van der Waals surface area contributed by atoms with Gasteiger partial charge in [-0.3, -0.25) is 0 Å². The van der Waals surface area contributed by atoms with Gasteiger partial charge in [-0.25, -0.2) is 4.98 Å². The van der Waals surface area contributed by atoms with E-state index in [1.165, 1.54) is 11.5 Å². The highest BCUT2D eigenvalue weighted by Crippen LogP contribution is 2.34. The fourth-order valence-corrected chi connectivity index (χ4v) is 2.40. The second kappa shape index (κ2) is 4.80. The van der Waals surface area contributed by atoms with Gasteiger partial charge in [-0.15, -0.1) is 0 Å². The Balaban J connectivity index is 2.52. The average Bonchev–Trinajstić information content (AvgIpc) is 2.75. The number of aromatic nitrogens is 2. The van der Waals surface area contributed by atoms with Crippen molar-refractivity contribution in [2.24, 2.45) is 0 Å². The van der Waals surface area contributed by atoms with Crippen molar-refractivity contribution in [3.8, 4) is 22.1 Å². The molecule has 4 nitrogen and oxygen atoms in total. The standard InChI is InChI=1S/C10H9BrN2O2S/c1-14-6-3-4-8(15-2)7(5-6)9-12-10(11)13-16-9/h3-5H,1-2H3. The minimum atomic E-state index is 0.581. The molecule has 2 aromatic rings. The fourth-order valence-electron chi connectivity index (χ4n) is 1.30. The number of halogens is 1. The summed E-state index contributed by atoms with van der Waals surface area (Å²) < 4.78 is 15.1. The molecule has 1 aromatic carbocycles. The van der Waals surface area contributed by atoms with Gasteiger partial charge in [-0.1, -0.05) is 0 Å². The smallest absolute Gasteiger partial charge is 0.209 e. The molecule has 1 aromatic heterocycles. The second-order valence-electron chi connectivity index (χ2n) is 2.93. The van der Waals surface area contributed by atoms with Gasteiger partial charge in [0.25, 0.3) is 0 Å². The molecular weight excluding hydrogens is 292 g/mol. The molecule has 0 N–H and O–H groups in total. The van der Waals surface area contributed by atoms with Crippen molar-refractivity contribution in [2.45, 2.75) is 0 Å². The quantitative estimate of drug-likeness (QED) is 0.874. The molecule has 0 radical (unpaired) electrons. The Morgan fingerprint density at radius 1 is 1.25 bits per heavy atom. The lowest BCUT2D eigenvalue weighted by Crippen LogP contribution is -1.89. The maximum atomic E-state index is 5.28. The first kappa shape index (κ1) is 11.3. The van der Waals surface area contributed by atoms with E-state index >= 15 is 0 Å². The summed E-state index contributed by atoms with van der Waals surface area (Å²) in [6.45, 7) is 0. The zero-order valence-electron chi connectivity index (χ0n) is 8.73. The molecule has 0 spiro atoms. The molecule has 0 saturated carbocycles. The van der Waals surface area contributed by atoms with Gasteiger partial charge in [0.05, 0.1) is 19.8 Å². The SMILES string of the molecule is COc1ccc(OC)c(-c2nc(Br)ns2)c1. The summed E-state index contributed by atoms with van der Waals surface area (Å²) in [5.74, 6) is 1.52. The molecule has 2 rings (SSSR count). The van der Waals surface area contributed by atoms with Crippen LogP contribution in [0, 0.1) is 0 Å². The summed E-state index contributed by atoms with van der Waals surface area (Å²) >= 11 is 4.54. The first-order chi connectivity index (χ1) is 7.74. The molecule has 0 saturated heterocycles. The van der Waals surface area contributed by atoms with Crippen molar-refractivity contribution in [2.75, 3.05) is 14.2 Å². The largest absolute Gasteiger partial charge is 0.497 e. The van der Waals surface area contributed by atoms with E-state index in [1.54, 1.807) is 14.2 Å². The van der Waals surface area contributed by atoms with Crippen LogP contribution in [0.25, 0.3) is 10.6 Å². The Morgan fingerprint density at radius 3 is 2.62 bits per heavy atom. The molecule has 0 fully saturated rings. The summed E-state index contributed by atoms with van der Waals surface area (Å²) in [7, 11) is 3.25. The van der Waals surface area contributed by atoms with E-state index in [9.17, 15) is 0 Å². The van der Waals surface area contributed by atoms with E-state index in [2.05, 4.69) is 25.3 Å². The van der Waals surface area contributed by atoms with E-state index in [-0.39, 0.29) is 0 Å². The molecule has 16 heavy (non-hydrogen) atoms. The molecule has 0 atom stereocenters. The van der Waals surface area contributed by atoms with Crippen molar-refractivity contribution >= 4 is 27.5 Å². The van der Waals surface area contributed by atoms with E-state index in [0.29, 0.717) is 4.73 Å². The van der Waals surface area contributed by atoms with Gasteiger partial charge in [-0.2, -0.15) is 4.37 Å². The molecule has 1 heterocycles. The number of benzene rings is 1. The minimum Gasteiger partial charge on any atom is -0.497 e. The Morgan fingerprint density at radius 2 is 2.06 bits per heavy atom. The van der Waals surface area contributed by atoms with Crippen LogP contribution in [0.15, 0.2) is 22.9 Å². The Hall–Kier alpha value is -1.14. The summed E-state index contributed by atoms with van der Waals surface area (Å²) in [5.41, 5.74) is 0.880. The van der Waals surface area contributed by atoms with Crippen molar-refractivity contribution in [3.05, 3.63) is 22.9 Å². The van der Waals surface area contributed by atoms with Crippen LogP contribution in [-0.4, -0.2) is 23.6 Å². The molecule has 0 aliphatic rings. The number of hydrogen-bond donors (Lipinski definition) is 0. The van der Waals surface area contributed by atoms with Crippen LogP contribution >= 0.6 is 27.5 Å². The third-order valence-electron chi connectivity index (χ3n) is 2.04. The Kier molecular flexibility index (Phi) is 3.40. The van der Waals surface area contributed by atoms with E-state index in [4.69, 9.17) is 9.47 Å². The number of nitrogens with zero attached hydrogens (tertiary/aromatic N) is 2. The highest BCUT2D eigenvalue weighted by molar-refractivity contribution is 9.10. The molecule has 0 unspecified atom stereocenters. The molecule has 6 heteroatoms. The number of ether oxygens (including phenoxy) is 2. The Labute approximate surface area is 106 Å².